The molecule has 3 atom stereocenters. The Morgan fingerprint density at radius 2 is 1.93 bits per heavy atom. The normalized spacial score (nSPS) is 24.2. The largest absolute Gasteiger partial charge is 0.378 e. The molecule has 0 radical (unpaired) electrons. The van der Waals surface area contributed by atoms with Crippen molar-refractivity contribution in [2.75, 3.05) is 41.4 Å². The number of fused-ring (bicyclic) bond motifs is 1. The van der Waals surface area contributed by atoms with Gasteiger partial charge in [-0.3, -0.25) is 4.79 Å². The van der Waals surface area contributed by atoms with Crippen molar-refractivity contribution in [3.63, 3.8) is 0 Å². The monoisotopic (exact) mass is 394 g/mol. The first-order valence-corrected chi connectivity index (χ1v) is 10.4. The van der Waals surface area contributed by atoms with Gasteiger partial charge in [0, 0.05) is 54.6 Å². The Kier molecular flexibility index (Phi) is 5.46. The van der Waals surface area contributed by atoms with E-state index in [1.54, 1.807) is 6.92 Å². The van der Waals surface area contributed by atoms with E-state index in [0.717, 1.165) is 49.1 Å². The van der Waals surface area contributed by atoms with Crippen LogP contribution in [0.15, 0.2) is 36.4 Å². The maximum absolute atomic E-state index is 12.5. The van der Waals surface area contributed by atoms with Gasteiger partial charge >= 0.3 is 0 Å². The van der Waals surface area contributed by atoms with Gasteiger partial charge in [0.25, 0.3) is 0 Å². The Hall–Kier alpha value is -2.60. The summed E-state index contributed by atoms with van der Waals surface area (Å²) in [5.74, 6) is 1.18. The third-order valence-corrected chi connectivity index (χ3v) is 6.21. The molecule has 3 unspecified atom stereocenters. The fourth-order valence-electron chi connectivity index (χ4n) is 4.49. The van der Waals surface area contributed by atoms with Crippen molar-refractivity contribution in [3.05, 3.63) is 47.7 Å². The summed E-state index contributed by atoms with van der Waals surface area (Å²) in [5, 5.41) is 3.66. The van der Waals surface area contributed by atoms with Crippen LogP contribution in [-0.2, 0) is 9.53 Å². The van der Waals surface area contributed by atoms with Crippen molar-refractivity contribution in [2.45, 2.75) is 39.8 Å². The second kappa shape index (κ2) is 8.03. The maximum Gasteiger partial charge on any atom is 0.224 e. The van der Waals surface area contributed by atoms with Crippen LogP contribution in [-0.4, -0.2) is 43.2 Å². The molecular weight excluding hydrogens is 364 g/mol. The number of aromatic nitrogens is 1. The Bertz CT molecular complexity index is 894. The molecule has 1 saturated heterocycles. The van der Waals surface area contributed by atoms with E-state index in [0.29, 0.717) is 0 Å². The van der Waals surface area contributed by atoms with Crippen molar-refractivity contribution in [2.24, 2.45) is 5.92 Å². The molecule has 2 aliphatic rings. The fraction of sp³-hybridized carbons (Fsp3) is 0.478. The molecule has 1 aromatic carbocycles. The van der Waals surface area contributed by atoms with Gasteiger partial charge in [0.05, 0.1) is 19.3 Å². The number of carbonyl (C=O) groups excluding carboxylic acids is 1. The summed E-state index contributed by atoms with van der Waals surface area (Å²) in [5.41, 5.74) is 4.31. The molecule has 6 heteroatoms. The van der Waals surface area contributed by atoms with E-state index in [-0.39, 0.29) is 23.9 Å². The molecule has 4 rings (SSSR count). The third-order valence-electron chi connectivity index (χ3n) is 6.21. The van der Waals surface area contributed by atoms with Crippen LogP contribution in [0.4, 0.5) is 17.2 Å². The SMILES string of the molecule is CC(=O)N1c2ccc(N3CCOCC3)cc2C(Nc2cccc(C)n2)C(C)C1C. The van der Waals surface area contributed by atoms with E-state index < -0.39 is 0 Å². The topological polar surface area (TPSA) is 57.7 Å². The number of amides is 1. The minimum Gasteiger partial charge on any atom is -0.378 e. The number of benzene rings is 1. The summed E-state index contributed by atoms with van der Waals surface area (Å²) in [4.78, 5) is 21.4. The lowest BCUT2D eigenvalue weighted by atomic mass is 9.82. The standard InChI is InChI=1S/C23H30N4O2/c1-15-6-5-7-22(24-15)25-23-16(2)17(3)27(18(4)28)21-9-8-19(14-20(21)23)26-10-12-29-13-11-26/h5-9,14,16-17,23H,10-13H2,1-4H3,(H,24,25). The molecule has 1 fully saturated rings. The van der Waals surface area contributed by atoms with E-state index in [1.807, 2.05) is 30.0 Å². The number of hydrogen-bond acceptors (Lipinski definition) is 5. The average molecular weight is 395 g/mol. The molecule has 1 aromatic heterocycles. The Morgan fingerprint density at radius 1 is 1.17 bits per heavy atom. The van der Waals surface area contributed by atoms with Gasteiger partial charge < -0.3 is 19.9 Å². The molecular formula is C23H30N4O2. The summed E-state index contributed by atoms with van der Waals surface area (Å²) in [6.07, 6.45) is 0. The van der Waals surface area contributed by atoms with Crippen molar-refractivity contribution in [1.82, 2.24) is 4.98 Å². The quantitative estimate of drug-likeness (QED) is 0.859. The lowest BCUT2D eigenvalue weighted by Crippen LogP contribution is -2.48. The van der Waals surface area contributed by atoms with Gasteiger partial charge in [0.15, 0.2) is 0 Å². The van der Waals surface area contributed by atoms with Crippen LogP contribution < -0.4 is 15.1 Å². The third kappa shape index (κ3) is 3.81. The minimum atomic E-state index is 0.0749. The molecule has 29 heavy (non-hydrogen) atoms. The number of rotatable bonds is 3. The number of pyridine rings is 1. The summed E-state index contributed by atoms with van der Waals surface area (Å²) >= 11 is 0. The molecule has 154 valence electrons. The number of carbonyl (C=O) groups is 1. The number of hydrogen-bond donors (Lipinski definition) is 1. The fourth-order valence-corrected chi connectivity index (χ4v) is 4.49. The second-order valence-electron chi connectivity index (χ2n) is 8.12. The molecule has 2 aromatic rings. The van der Waals surface area contributed by atoms with Crippen LogP contribution in [0, 0.1) is 12.8 Å². The molecule has 6 nitrogen and oxygen atoms in total. The maximum atomic E-state index is 12.5. The van der Waals surface area contributed by atoms with Crippen LogP contribution in [0.2, 0.25) is 0 Å². The van der Waals surface area contributed by atoms with Crippen molar-refractivity contribution >= 4 is 23.1 Å². The molecule has 0 spiro atoms. The van der Waals surface area contributed by atoms with Gasteiger partial charge in [-0.1, -0.05) is 13.0 Å². The van der Waals surface area contributed by atoms with Crippen molar-refractivity contribution in [3.8, 4) is 0 Å². The van der Waals surface area contributed by atoms with Gasteiger partial charge in [-0.15, -0.1) is 0 Å². The summed E-state index contributed by atoms with van der Waals surface area (Å²) in [6, 6.07) is 12.7. The van der Waals surface area contributed by atoms with Gasteiger partial charge in [-0.25, -0.2) is 4.98 Å². The highest BCUT2D eigenvalue weighted by atomic mass is 16.5. The highest BCUT2D eigenvalue weighted by Gasteiger charge is 2.38. The van der Waals surface area contributed by atoms with Gasteiger partial charge in [0.2, 0.25) is 5.91 Å². The summed E-state index contributed by atoms with van der Waals surface area (Å²) in [6.45, 7) is 11.3. The molecule has 1 N–H and O–H groups in total. The Labute approximate surface area is 172 Å². The van der Waals surface area contributed by atoms with E-state index in [4.69, 9.17) is 4.74 Å². The van der Waals surface area contributed by atoms with Crippen LogP contribution in [0.5, 0.6) is 0 Å². The molecule has 0 saturated carbocycles. The summed E-state index contributed by atoms with van der Waals surface area (Å²) in [7, 11) is 0. The number of nitrogens with one attached hydrogen (secondary N) is 1. The lowest BCUT2D eigenvalue weighted by Gasteiger charge is -2.44. The Morgan fingerprint density at radius 3 is 2.62 bits per heavy atom. The minimum absolute atomic E-state index is 0.0749. The smallest absolute Gasteiger partial charge is 0.224 e. The zero-order valence-corrected chi connectivity index (χ0v) is 17.7. The number of anilines is 3. The molecule has 1 amide bonds. The zero-order chi connectivity index (χ0) is 20.5. The van der Waals surface area contributed by atoms with Gasteiger partial charge in [0.1, 0.15) is 5.82 Å². The average Bonchev–Trinajstić information content (AvgIpc) is 2.72. The number of ether oxygens (including phenoxy) is 1. The highest BCUT2D eigenvalue weighted by Crippen LogP contribution is 2.43. The lowest BCUT2D eigenvalue weighted by molar-refractivity contribution is -0.117. The van der Waals surface area contributed by atoms with E-state index in [9.17, 15) is 4.79 Å². The zero-order valence-electron chi connectivity index (χ0n) is 17.7. The van der Waals surface area contributed by atoms with Crippen LogP contribution in [0.1, 0.15) is 38.1 Å². The summed E-state index contributed by atoms with van der Waals surface area (Å²) < 4.78 is 5.51. The van der Waals surface area contributed by atoms with Gasteiger partial charge in [-0.2, -0.15) is 0 Å². The first-order valence-electron chi connectivity index (χ1n) is 10.4. The van der Waals surface area contributed by atoms with Gasteiger partial charge in [-0.05, 0) is 44.2 Å². The van der Waals surface area contributed by atoms with E-state index >= 15 is 0 Å². The molecule has 2 aliphatic heterocycles. The van der Waals surface area contributed by atoms with E-state index in [2.05, 4.69) is 47.2 Å². The first kappa shape index (κ1) is 19.7. The van der Waals surface area contributed by atoms with Crippen LogP contribution in [0.3, 0.4) is 0 Å². The molecule has 0 aliphatic carbocycles. The number of aryl methyl sites for hydroxylation is 1. The van der Waals surface area contributed by atoms with Crippen LogP contribution >= 0.6 is 0 Å². The van der Waals surface area contributed by atoms with Crippen molar-refractivity contribution < 1.29 is 9.53 Å². The van der Waals surface area contributed by atoms with Crippen molar-refractivity contribution in [1.29, 1.82) is 0 Å². The molecule has 0 bridgehead atoms. The molecule has 3 heterocycles. The predicted molar refractivity (Wildman–Crippen MR) is 117 cm³/mol. The first-order chi connectivity index (χ1) is 14.0. The van der Waals surface area contributed by atoms with Crippen LogP contribution in [0.25, 0.3) is 0 Å². The number of morpholine rings is 1. The Balaban J connectivity index is 1.76. The number of nitrogens with zero attached hydrogens (tertiary/aromatic N) is 3. The predicted octanol–water partition coefficient (Wildman–Crippen LogP) is 3.77. The highest BCUT2D eigenvalue weighted by molar-refractivity contribution is 5.94. The second-order valence-corrected chi connectivity index (χ2v) is 8.12. The van der Waals surface area contributed by atoms with E-state index in [1.165, 1.54) is 5.69 Å².